The maximum atomic E-state index is 11.8. The third kappa shape index (κ3) is 3.42. The van der Waals surface area contributed by atoms with Crippen molar-refractivity contribution >= 4 is 23.3 Å². The number of benzene rings is 1. The first-order chi connectivity index (χ1) is 9.18. The van der Waals surface area contributed by atoms with E-state index in [2.05, 4.69) is 0 Å². The van der Waals surface area contributed by atoms with Crippen molar-refractivity contribution in [2.24, 2.45) is 0 Å². The van der Waals surface area contributed by atoms with Crippen LogP contribution in [0.2, 0.25) is 0 Å². The van der Waals surface area contributed by atoms with Gasteiger partial charge in [-0.1, -0.05) is 30.3 Å². The molecule has 98 valence electrons. The van der Waals surface area contributed by atoms with Gasteiger partial charge >= 0.3 is 5.97 Å². The zero-order valence-corrected chi connectivity index (χ0v) is 10.8. The van der Waals surface area contributed by atoms with Crippen LogP contribution in [-0.2, 0) is 20.9 Å². The first-order valence-electron chi connectivity index (χ1n) is 5.62. The van der Waals surface area contributed by atoms with E-state index in [1.807, 2.05) is 18.2 Å². The van der Waals surface area contributed by atoms with Crippen molar-refractivity contribution in [1.82, 2.24) is 0 Å². The predicted octanol–water partition coefficient (Wildman–Crippen LogP) is 1.32. The fraction of sp³-hybridized carbons (Fsp3) is 0.143. The Morgan fingerprint density at radius 2 is 1.95 bits per heavy atom. The summed E-state index contributed by atoms with van der Waals surface area (Å²) in [5, 5.41) is 14.3. The van der Waals surface area contributed by atoms with Crippen LogP contribution in [0.25, 0.3) is 0 Å². The number of carboxylic acid groups (broad SMARTS) is 1. The lowest BCUT2D eigenvalue weighted by Gasteiger charge is -2.15. The molecule has 0 N–H and O–H groups in total. The van der Waals surface area contributed by atoms with E-state index in [-0.39, 0.29) is 6.61 Å². The van der Waals surface area contributed by atoms with Crippen molar-refractivity contribution in [2.75, 3.05) is 0 Å². The van der Waals surface area contributed by atoms with Crippen molar-refractivity contribution in [3.05, 3.63) is 58.3 Å². The maximum Gasteiger partial charge on any atom is 0.319 e. The fourth-order valence-corrected chi connectivity index (χ4v) is 2.31. The molecule has 1 aromatic carbocycles. The third-order valence-electron chi connectivity index (χ3n) is 2.57. The highest BCUT2D eigenvalue weighted by Crippen LogP contribution is 2.20. The molecule has 0 saturated heterocycles. The Morgan fingerprint density at radius 3 is 2.53 bits per heavy atom. The number of esters is 1. The van der Waals surface area contributed by atoms with Crippen LogP contribution < -0.4 is 5.11 Å². The second-order valence-electron chi connectivity index (χ2n) is 3.90. The lowest BCUT2D eigenvalue weighted by Crippen LogP contribution is -2.35. The molecule has 1 unspecified atom stereocenters. The Labute approximate surface area is 114 Å². The first-order valence-corrected chi connectivity index (χ1v) is 6.56. The number of carbonyl (C=O) groups excluding carboxylic acids is 2. The third-order valence-corrected chi connectivity index (χ3v) is 3.27. The van der Waals surface area contributed by atoms with E-state index >= 15 is 0 Å². The van der Waals surface area contributed by atoms with Crippen LogP contribution in [0.5, 0.6) is 0 Å². The van der Waals surface area contributed by atoms with Gasteiger partial charge in [0.15, 0.2) is 0 Å². The standard InChI is InChI=1S/C14H12O4S/c15-13(16)12(11-6-7-19-9-11)14(17)18-8-10-4-2-1-3-5-10/h1-7,9,12H,8H2,(H,15,16)/p-1. The van der Waals surface area contributed by atoms with E-state index in [9.17, 15) is 14.7 Å². The maximum absolute atomic E-state index is 11.8. The van der Waals surface area contributed by atoms with E-state index in [0.717, 1.165) is 5.56 Å². The number of carboxylic acids is 1. The second-order valence-corrected chi connectivity index (χ2v) is 4.68. The van der Waals surface area contributed by atoms with Gasteiger partial charge in [0.2, 0.25) is 0 Å². The van der Waals surface area contributed by atoms with Crippen LogP contribution in [0.15, 0.2) is 47.2 Å². The quantitative estimate of drug-likeness (QED) is 0.610. The normalized spacial score (nSPS) is 11.8. The molecule has 2 aromatic rings. The van der Waals surface area contributed by atoms with E-state index in [0.29, 0.717) is 5.56 Å². The van der Waals surface area contributed by atoms with Gasteiger partial charge in [0.25, 0.3) is 0 Å². The van der Waals surface area contributed by atoms with Crippen molar-refractivity contribution < 1.29 is 19.4 Å². The average Bonchev–Trinajstić information content (AvgIpc) is 2.91. The number of thiophene rings is 1. The minimum atomic E-state index is -1.45. The fourth-order valence-electron chi connectivity index (χ4n) is 1.62. The lowest BCUT2D eigenvalue weighted by molar-refractivity contribution is -0.307. The minimum Gasteiger partial charge on any atom is -0.549 e. The molecule has 5 heteroatoms. The molecule has 19 heavy (non-hydrogen) atoms. The van der Waals surface area contributed by atoms with Crippen LogP contribution in [-0.4, -0.2) is 11.9 Å². The van der Waals surface area contributed by atoms with E-state index in [4.69, 9.17) is 4.74 Å². The molecule has 2 rings (SSSR count). The molecule has 0 aliphatic rings. The molecular formula is C14H11O4S-. The van der Waals surface area contributed by atoms with Crippen LogP contribution in [0, 0.1) is 0 Å². The second kappa shape index (κ2) is 6.15. The van der Waals surface area contributed by atoms with Gasteiger partial charge in [-0.3, -0.25) is 4.79 Å². The SMILES string of the molecule is O=C([O-])C(C(=O)OCc1ccccc1)c1ccsc1. The summed E-state index contributed by atoms with van der Waals surface area (Å²) in [7, 11) is 0. The highest BCUT2D eigenvalue weighted by Gasteiger charge is 2.24. The zero-order chi connectivity index (χ0) is 13.7. The number of carbonyl (C=O) groups is 2. The monoisotopic (exact) mass is 275 g/mol. The van der Waals surface area contributed by atoms with Gasteiger partial charge in [-0.15, -0.1) is 0 Å². The van der Waals surface area contributed by atoms with Gasteiger partial charge in [0.05, 0.1) is 5.97 Å². The molecular weight excluding hydrogens is 264 g/mol. The van der Waals surface area contributed by atoms with Gasteiger partial charge in [-0.05, 0) is 28.0 Å². The molecule has 0 saturated carbocycles. The summed E-state index contributed by atoms with van der Waals surface area (Å²) in [5.74, 6) is -3.62. The van der Waals surface area contributed by atoms with Gasteiger partial charge in [0.1, 0.15) is 12.5 Å². The molecule has 1 heterocycles. The van der Waals surface area contributed by atoms with Crippen molar-refractivity contribution in [2.45, 2.75) is 12.5 Å². The first kappa shape index (κ1) is 13.3. The molecule has 0 aliphatic heterocycles. The predicted molar refractivity (Wildman–Crippen MR) is 68.3 cm³/mol. The Morgan fingerprint density at radius 1 is 1.21 bits per heavy atom. The Balaban J connectivity index is 2.03. The Kier molecular flexibility index (Phi) is 4.30. The summed E-state index contributed by atoms with van der Waals surface area (Å²) in [5.41, 5.74) is 1.20. The molecule has 0 aliphatic carbocycles. The number of ether oxygens (including phenoxy) is 1. The van der Waals surface area contributed by atoms with Gasteiger partial charge in [0, 0.05) is 0 Å². The highest BCUT2D eigenvalue weighted by molar-refractivity contribution is 7.08. The molecule has 0 amide bonds. The largest absolute Gasteiger partial charge is 0.549 e. The molecule has 4 nitrogen and oxygen atoms in total. The topological polar surface area (TPSA) is 66.4 Å². The van der Waals surface area contributed by atoms with Crippen LogP contribution in [0.1, 0.15) is 17.0 Å². The van der Waals surface area contributed by atoms with Gasteiger partial charge in [-0.25, -0.2) is 0 Å². The van der Waals surface area contributed by atoms with Crippen LogP contribution in [0.4, 0.5) is 0 Å². The van der Waals surface area contributed by atoms with Crippen molar-refractivity contribution in [3.63, 3.8) is 0 Å². The molecule has 1 atom stereocenters. The molecule has 0 spiro atoms. The summed E-state index contributed by atoms with van der Waals surface area (Å²) >= 11 is 1.32. The minimum absolute atomic E-state index is 0.0492. The highest BCUT2D eigenvalue weighted by atomic mass is 32.1. The average molecular weight is 275 g/mol. The van der Waals surface area contributed by atoms with E-state index < -0.39 is 17.9 Å². The summed E-state index contributed by atoms with van der Waals surface area (Å²) < 4.78 is 5.02. The summed E-state index contributed by atoms with van der Waals surface area (Å²) in [6.45, 7) is 0.0492. The van der Waals surface area contributed by atoms with E-state index in [1.54, 1.807) is 29.0 Å². The van der Waals surface area contributed by atoms with Gasteiger partial charge in [-0.2, -0.15) is 11.3 Å². The summed E-state index contributed by atoms with van der Waals surface area (Å²) in [6.07, 6.45) is 0. The van der Waals surface area contributed by atoms with Crippen molar-refractivity contribution in [1.29, 1.82) is 0 Å². The van der Waals surface area contributed by atoms with Crippen LogP contribution in [0.3, 0.4) is 0 Å². The molecule has 1 aromatic heterocycles. The number of aliphatic carboxylic acids is 1. The smallest absolute Gasteiger partial charge is 0.319 e. The lowest BCUT2D eigenvalue weighted by atomic mass is 10.0. The zero-order valence-electron chi connectivity index (χ0n) is 9.94. The number of rotatable bonds is 5. The van der Waals surface area contributed by atoms with Crippen molar-refractivity contribution in [3.8, 4) is 0 Å². The molecule has 0 radical (unpaired) electrons. The Bertz CT molecular complexity index is 548. The molecule has 0 fully saturated rings. The van der Waals surface area contributed by atoms with Gasteiger partial charge < -0.3 is 14.6 Å². The van der Waals surface area contributed by atoms with E-state index in [1.165, 1.54) is 11.3 Å². The van der Waals surface area contributed by atoms with Crippen LogP contribution >= 0.6 is 11.3 Å². The number of hydrogen-bond donors (Lipinski definition) is 0. The molecule has 0 bridgehead atoms. The summed E-state index contributed by atoms with van der Waals surface area (Å²) in [6, 6.07) is 10.7. The Hall–Kier alpha value is -2.14. The summed E-state index contributed by atoms with van der Waals surface area (Å²) in [4.78, 5) is 22.9. The number of hydrogen-bond acceptors (Lipinski definition) is 5.